The van der Waals surface area contributed by atoms with Crippen LogP contribution in [0.1, 0.15) is 88.2 Å². The molecule has 1 fully saturated rings. The van der Waals surface area contributed by atoms with E-state index in [9.17, 15) is 4.39 Å². The largest absolute Gasteiger partial charge is 0.490 e. The third-order valence-electron chi connectivity index (χ3n) is 5.99. The molecule has 0 heterocycles. The minimum atomic E-state index is -0.429. The second kappa shape index (κ2) is 9.40. The molecule has 3 rings (SSSR count). The molecular weight excluding hydrogens is 311 g/mol. The van der Waals surface area contributed by atoms with Crippen LogP contribution in [-0.2, 0) is 0 Å². The molecule has 0 saturated heterocycles. The fraction of sp³-hybridized carbons (Fsp3) is 0.652. The van der Waals surface area contributed by atoms with E-state index >= 15 is 0 Å². The van der Waals surface area contributed by atoms with Gasteiger partial charge in [-0.1, -0.05) is 31.9 Å². The number of ether oxygens (including phenoxy) is 1. The summed E-state index contributed by atoms with van der Waals surface area (Å²) in [5.41, 5.74) is 4.09. The van der Waals surface area contributed by atoms with Gasteiger partial charge in [0.15, 0.2) is 0 Å². The van der Waals surface area contributed by atoms with Crippen LogP contribution >= 0.6 is 0 Å². The van der Waals surface area contributed by atoms with Gasteiger partial charge in [-0.15, -0.1) is 0 Å². The van der Waals surface area contributed by atoms with Gasteiger partial charge in [-0.3, -0.25) is 0 Å². The zero-order chi connectivity index (χ0) is 17.5. The summed E-state index contributed by atoms with van der Waals surface area (Å²) in [6, 6.07) is 6.68. The Hall–Kier alpha value is -1.31. The maximum Gasteiger partial charge on any atom is 0.126 e. The molecule has 0 bridgehead atoms. The predicted octanol–water partition coefficient (Wildman–Crippen LogP) is 7.07. The SMILES string of the molecule is CCCC1CCC(c2ccc(OCCF)c(C3=CCCCC3)c2)CC1. The lowest BCUT2D eigenvalue weighted by atomic mass is 9.76. The monoisotopic (exact) mass is 344 g/mol. The van der Waals surface area contributed by atoms with Gasteiger partial charge in [0.2, 0.25) is 0 Å². The average molecular weight is 345 g/mol. The molecule has 0 atom stereocenters. The van der Waals surface area contributed by atoms with Crippen molar-refractivity contribution in [1.29, 1.82) is 0 Å². The summed E-state index contributed by atoms with van der Waals surface area (Å²) in [4.78, 5) is 0. The van der Waals surface area contributed by atoms with Crippen molar-refractivity contribution < 1.29 is 9.13 Å². The van der Waals surface area contributed by atoms with Gasteiger partial charge in [0.25, 0.3) is 0 Å². The van der Waals surface area contributed by atoms with E-state index in [1.165, 1.54) is 68.1 Å². The van der Waals surface area contributed by atoms with E-state index in [0.29, 0.717) is 5.92 Å². The zero-order valence-corrected chi connectivity index (χ0v) is 15.7. The number of rotatable bonds is 7. The predicted molar refractivity (Wildman–Crippen MR) is 104 cm³/mol. The number of halogens is 1. The second-order valence-corrected chi connectivity index (χ2v) is 7.77. The second-order valence-electron chi connectivity index (χ2n) is 7.77. The van der Waals surface area contributed by atoms with Gasteiger partial charge in [-0.2, -0.15) is 0 Å². The van der Waals surface area contributed by atoms with Gasteiger partial charge in [0.1, 0.15) is 19.0 Å². The topological polar surface area (TPSA) is 9.23 Å². The standard InChI is InChI=1S/C23H33FO/c1-2-6-18-9-11-19(12-10-18)21-13-14-23(25-16-15-24)22(17-21)20-7-4-3-5-8-20/h7,13-14,17-19H,2-6,8-12,15-16H2,1H3. The van der Waals surface area contributed by atoms with Gasteiger partial charge in [-0.25, -0.2) is 4.39 Å². The number of allylic oxidation sites excluding steroid dienone is 2. The molecule has 2 heteroatoms. The molecule has 25 heavy (non-hydrogen) atoms. The summed E-state index contributed by atoms with van der Waals surface area (Å²) in [7, 11) is 0. The molecular formula is C23H33FO. The molecule has 138 valence electrons. The Morgan fingerprint density at radius 1 is 1.12 bits per heavy atom. The van der Waals surface area contributed by atoms with Crippen LogP contribution in [0.15, 0.2) is 24.3 Å². The number of hydrogen-bond donors (Lipinski definition) is 0. The third-order valence-corrected chi connectivity index (χ3v) is 5.99. The lowest BCUT2D eigenvalue weighted by Gasteiger charge is -2.29. The van der Waals surface area contributed by atoms with Crippen LogP contribution in [0.5, 0.6) is 5.75 Å². The fourth-order valence-electron chi connectivity index (χ4n) is 4.60. The quantitative estimate of drug-likeness (QED) is 0.514. The Morgan fingerprint density at radius 2 is 1.96 bits per heavy atom. The zero-order valence-electron chi connectivity index (χ0n) is 15.7. The van der Waals surface area contributed by atoms with E-state index in [1.807, 2.05) is 0 Å². The molecule has 2 aliphatic rings. The van der Waals surface area contributed by atoms with E-state index in [2.05, 4.69) is 31.2 Å². The Balaban J connectivity index is 1.78. The first-order chi connectivity index (χ1) is 12.3. The molecule has 0 unspecified atom stereocenters. The van der Waals surface area contributed by atoms with Crippen LogP contribution in [0.3, 0.4) is 0 Å². The lowest BCUT2D eigenvalue weighted by Crippen LogP contribution is -2.13. The fourth-order valence-corrected chi connectivity index (χ4v) is 4.60. The molecule has 1 aromatic carbocycles. The highest BCUT2D eigenvalue weighted by Crippen LogP contribution is 2.41. The molecule has 2 aliphatic carbocycles. The van der Waals surface area contributed by atoms with Crippen molar-refractivity contribution in [2.24, 2.45) is 5.92 Å². The minimum Gasteiger partial charge on any atom is -0.490 e. The molecule has 1 nitrogen and oxygen atoms in total. The van der Waals surface area contributed by atoms with E-state index < -0.39 is 6.67 Å². The van der Waals surface area contributed by atoms with Crippen molar-refractivity contribution in [3.63, 3.8) is 0 Å². The number of benzene rings is 1. The Bertz CT molecular complexity index is 569. The molecule has 1 saturated carbocycles. The Labute approximate surface area is 152 Å². The Kier molecular flexibility index (Phi) is 6.95. The molecule has 0 amide bonds. The van der Waals surface area contributed by atoms with Gasteiger partial charge in [0, 0.05) is 5.56 Å². The summed E-state index contributed by atoms with van der Waals surface area (Å²) < 4.78 is 18.3. The van der Waals surface area contributed by atoms with Crippen LogP contribution in [-0.4, -0.2) is 13.3 Å². The van der Waals surface area contributed by atoms with Crippen LogP contribution in [0.25, 0.3) is 5.57 Å². The van der Waals surface area contributed by atoms with Crippen molar-refractivity contribution in [3.05, 3.63) is 35.4 Å². The van der Waals surface area contributed by atoms with Gasteiger partial charge >= 0.3 is 0 Å². The summed E-state index contributed by atoms with van der Waals surface area (Å²) in [5.74, 6) is 2.49. The van der Waals surface area contributed by atoms with Crippen molar-refractivity contribution in [2.75, 3.05) is 13.3 Å². The van der Waals surface area contributed by atoms with E-state index in [1.54, 1.807) is 0 Å². The maximum absolute atomic E-state index is 12.6. The van der Waals surface area contributed by atoms with E-state index in [0.717, 1.165) is 24.5 Å². The molecule has 0 aliphatic heterocycles. The minimum absolute atomic E-state index is 0.155. The van der Waals surface area contributed by atoms with Crippen LogP contribution in [0.2, 0.25) is 0 Å². The first-order valence-corrected chi connectivity index (χ1v) is 10.3. The van der Waals surface area contributed by atoms with Crippen LogP contribution < -0.4 is 4.74 Å². The van der Waals surface area contributed by atoms with Crippen molar-refractivity contribution in [3.8, 4) is 5.75 Å². The molecule has 0 radical (unpaired) electrons. The van der Waals surface area contributed by atoms with E-state index in [-0.39, 0.29) is 6.61 Å². The van der Waals surface area contributed by atoms with Crippen LogP contribution in [0.4, 0.5) is 4.39 Å². The molecule has 1 aromatic rings. The lowest BCUT2D eigenvalue weighted by molar-refractivity contribution is 0.272. The van der Waals surface area contributed by atoms with Gasteiger partial charge in [0.05, 0.1) is 0 Å². The van der Waals surface area contributed by atoms with Crippen LogP contribution in [0, 0.1) is 5.92 Å². The summed E-state index contributed by atoms with van der Waals surface area (Å²) in [6.45, 7) is 2.02. The highest BCUT2D eigenvalue weighted by Gasteiger charge is 2.23. The number of hydrogen-bond acceptors (Lipinski definition) is 1. The van der Waals surface area contributed by atoms with Crippen molar-refractivity contribution in [2.45, 2.75) is 77.0 Å². The maximum atomic E-state index is 12.6. The highest BCUT2D eigenvalue weighted by atomic mass is 19.1. The van der Waals surface area contributed by atoms with Crippen molar-refractivity contribution >= 4 is 5.57 Å². The summed E-state index contributed by atoms with van der Waals surface area (Å²) in [5, 5.41) is 0. The smallest absolute Gasteiger partial charge is 0.126 e. The molecule has 0 aromatic heterocycles. The highest BCUT2D eigenvalue weighted by molar-refractivity contribution is 5.71. The van der Waals surface area contributed by atoms with E-state index in [4.69, 9.17) is 4.74 Å². The third kappa shape index (κ3) is 4.86. The average Bonchev–Trinajstić information content (AvgIpc) is 2.68. The normalized spacial score (nSPS) is 24.0. The molecule has 0 N–H and O–H groups in total. The Morgan fingerprint density at radius 3 is 2.64 bits per heavy atom. The molecule has 0 spiro atoms. The van der Waals surface area contributed by atoms with Gasteiger partial charge in [-0.05, 0) is 86.5 Å². The number of alkyl halides is 1. The summed E-state index contributed by atoms with van der Waals surface area (Å²) >= 11 is 0. The first-order valence-electron chi connectivity index (χ1n) is 10.3. The van der Waals surface area contributed by atoms with Crippen molar-refractivity contribution in [1.82, 2.24) is 0 Å². The summed E-state index contributed by atoms with van der Waals surface area (Å²) in [6.07, 6.45) is 15.3. The first kappa shape index (κ1) is 18.5. The van der Waals surface area contributed by atoms with Gasteiger partial charge < -0.3 is 4.74 Å².